The third kappa shape index (κ3) is 5.97. The summed E-state index contributed by atoms with van der Waals surface area (Å²) in [5.41, 5.74) is 1.99. The standard InChI is InChI=1S/C19H21ClN2O4/c1-19(2,3)16(25-15-10-5-4-6-11-15)17(23)26-22-18(24)21-14-9-7-8-13(20)12-14/h4-12,16H,1-3H3,(H2,21,22,24). The summed E-state index contributed by atoms with van der Waals surface area (Å²) in [6.45, 7) is 5.52. The van der Waals surface area contributed by atoms with Gasteiger partial charge in [-0.15, -0.1) is 0 Å². The van der Waals surface area contributed by atoms with Crippen molar-refractivity contribution in [3.63, 3.8) is 0 Å². The third-order valence-corrected chi connectivity index (χ3v) is 3.56. The van der Waals surface area contributed by atoms with Gasteiger partial charge in [0.1, 0.15) is 5.75 Å². The number of rotatable bonds is 4. The summed E-state index contributed by atoms with van der Waals surface area (Å²) in [5, 5.41) is 2.99. The zero-order chi connectivity index (χ0) is 19.2. The second kappa shape index (κ2) is 8.58. The Hall–Kier alpha value is -2.73. The van der Waals surface area contributed by atoms with Gasteiger partial charge in [-0.1, -0.05) is 56.6 Å². The minimum atomic E-state index is -0.906. The Labute approximate surface area is 157 Å². The minimum absolute atomic E-state index is 0.471. The smallest absolute Gasteiger partial charge is 0.372 e. The number of urea groups is 1. The number of amides is 2. The van der Waals surface area contributed by atoms with Crippen molar-refractivity contribution in [2.24, 2.45) is 5.41 Å². The number of hydroxylamine groups is 1. The molecule has 7 heteroatoms. The fourth-order valence-electron chi connectivity index (χ4n) is 2.09. The molecule has 1 unspecified atom stereocenters. The van der Waals surface area contributed by atoms with E-state index in [2.05, 4.69) is 10.8 Å². The van der Waals surface area contributed by atoms with Crippen LogP contribution in [-0.2, 0) is 9.63 Å². The average Bonchev–Trinajstić information content (AvgIpc) is 2.57. The fourth-order valence-corrected chi connectivity index (χ4v) is 2.28. The van der Waals surface area contributed by atoms with E-state index in [1.807, 2.05) is 26.8 Å². The Bertz CT molecular complexity index is 760. The molecule has 0 spiro atoms. The van der Waals surface area contributed by atoms with Crippen LogP contribution in [0.1, 0.15) is 20.8 Å². The van der Waals surface area contributed by atoms with Gasteiger partial charge < -0.3 is 14.9 Å². The predicted molar refractivity (Wildman–Crippen MR) is 100 cm³/mol. The van der Waals surface area contributed by atoms with Crippen LogP contribution in [0.25, 0.3) is 0 Å². The number of halogens is 1. The molecule has 0 heterocycles. The maximum absolute atomic E-state index is 12.4. The minimum Gasteiger partial charge on any atom is -0.478 e. The van der Waals surface area contributed by atoms with E-state index < -0.39 is 23.5 Å². The lowest BCUT2D eigenvalue weighted by molar-refractivity contribution is -0.162. The molecule has 0 bridgehead atoms. The first kappa shape index (κ1) is 19.6. The van der Waals surface area contributed by atoms with Crippen LogP contribution in [0, 0.1) is 5.41 Å². The van der Waals surface area contributed by atoms with Gasteiger partial charge in [0.25, 0.3) is 0 Å². The second-order valence-electron chi connectivity index (χ2n) is 6.66. The lowest BCUT2D eigenvalue weighted by Gasteiger charge is -2.28. The molecule has 0 aliphatic carbocycles. The number of para-hydroxylation sites is 1. The summed E-state index contributed by atoms with van der Waals surface area (Å²) in [4.78, 5) is 29.2. The van der Waals surface area contributed by atoms with Gasteiger partial charge in [-0.25, -0.2) is 9.59 Å². The molecule has 0 saturated heterocycles. The lowest BCUT2D eigenvalue weighted by atomic mass is 9.89. The number of hydrogen-bond donors (Lipinski definition) is 2. The predicted octanol–water partition coefficient (Wildman–Crippen LogP) is 4.41. The molecule has 2 aromatic rings. The van der Waals surface area contributed by atoms with Crippen LogP contribution in [-0.4, -0.2) is 18.1 Å². The van der Waals surface area contributed by atoms with Gasteiger partial charge in [-0.2, -0.15) is 5.48 Å². The van der Waals surface area contributed by atoms with E-state index in [1.165, 1.54) is 0 Å². The molecule has 0 aliphatic heterocycles. The first-order valence-electron chi connectivity index (χ1n) is 8.00. The van der Waals surface area contributed by atoms with E-state index in [-0.39, 0.29) is 0 Å². The van der Waals surface area contributed by atoms with Crippen molar-refractivity contribution in [2.45, 2.75) is 26.9 Å². The Balaban J connectivity index is 1.95. The van der Waals surface area contributed by atoms with E-state index in [0.717, 1.165) is 0 Å². The highest BCUT2D eigenvalue weighted by atomic mass is 35.5. The third-order valence-electron chi connectivity index (χ3n) is 3.32. The number of hydrogen-bond acceptors (Lipinski definition) is 4. The molecule has 2 aromatic carbocycles. The van der Waals surface area contributed by atoms with Crippen LogP contribution in [0.4, 0.5) is 10.5 Å². The molecule has 0 saturated carbocycles. The molecule has 0 fully saturated rings. The zero-order valence-corrected chi connectivity index (χ0v) is 15.5. The van der Waals surface area contributed by atoms with E-state index in [1.54, 1.807) is 48.5 Å². The van der Waals surface area contributed by atoms with Crippen LogP contribution < -0.4 is 15.5 Å². The highest BCUT2D eigenvalue weighted by molar-refractivity contribution is 6.30. The topological polar surface area (TPSA) is 76.7 Å². The van der Waals surface area contributed by atoms with Crippen molar-refractivity contribution in [1.29, 1.82) is 0 Å². The maximum Gasteiger partial charge on any atom is 0.372 e. The zero-order valence-electron chi connectivity index (χ0n) is 14.8. The van der Waals surface area contributed by atoms with Gasteiger partial charge in [0.2, 0.25) is 6.10 Å². The molecule has 0 aliphatic rings. The summed E-state index contributed by atoms with van der Waals surface area (Å²) >= 11 is 5.85. The molecule has 2 rings (SSSR count). The normalized spacial score (nSPS) is 12.0. The van der Waals surface area contributed by atoms with E-state index in [4.69, 9.17) is 21.2 Å². The van der Waals surface area contributed by atoms with Crippen molar-refractivity contribution in [2.75, 3.05) is 5.32 Å². The highest BCUT2D eigenvalue weighted by Crippen LogP contribution is 2.25. The number of carbonyl (C=O) groups is 2. The largest absolute Gasteiger partial charge is 0.478 e. The molecule has 6 nitrogen and oxygen atoms in total. The monoisotopic (exact) mass is 376 g/mol. The maximum atomic E-state index is 12.4. The van der Waals surface area contributed by atoms with Crippen LogP contribution in [0.15, 0.2) is 54.6 Å². The van der Waals surface area contributed by atoms with E-state index in [0.29, 0.717) is 16.5 Å². The molecule has 1 atom stereocenters. The van der Waals surface area contributed by atoms with Gasteiger partial charge in [0.15, 0.2) is 0 Å². The molecule has 0 aromatic heterocycles. The Morgan fingerprint density at radius 3 is 2.35 bits per heavy atom. The summed E-state index contributed by atoms with van der Waals surface area (Å²) in [6, 6.07) is 14.8. The number of ether oxygens (including phenoxy) is 1. The van der Waals surface area contributed by atoms with Gasteiger partial charge >= 0.3 is 12.0 Å². The molecular weight excluding hydrogens is 356 g/mol. The van der Waals surface area contributed by atoms with E-state index >= 15 is 0 Å². The number of nitrogens with one attached hydrogen (secondary N) is 2. The van der Waals surface area contributed by atoms with Gasteiger partial charge in [-0.05, 0) is 30.3 Å². The molecule has 2 N–H and O–H groups in total. The summed E-state index contributed by atoms with van der Waals surface area (Å²) < 4.78 is 5.74. The van der Waals surface area contributed by atoms with Crippen molar-refractivity contribution in [1.82, 2.24) is 5.48 Å². The summed E-state index contributed by atoms with van der Waals surface area (Å²) in [5.74, 6) is -0.171. The molecule has 0 radical (unpaired) electrons. The first-order valence-corrected chi connectivity index (χ1v) is 8.38. The van der Waals surface area contributed by atoms with Crippen molar-refractivity contribution in [3.8, 4) is 5.75 Å². The quantitative estimate of drug-likeness (QED) is 0.775. The van der Waals surface area contributed by atoms with Gasteiger partial charge in [0.05, 0.1) is 0 Å². The average molecular weight is 377 g/mol. The van der Waals surface area contributed by atoms with E-state index in [9.17, 15) is 9.59 Å². The number of carbonyl (C=O) groups excluding carboxylic acids is 2. The number of anilines is 1. The first-order chi connectivity index (χ1) is 12.3. The fraction of sp³-hybridized carbons (Fsp3) is 0.263. The lowest BCUT2D eigenvalue weighted by Crippen LogP contribution is -2.44. The second-order valence-corrected chi connectivity index (χ2v) is 7.10. The Kier molecular flexibility index (Phi) is 6.46. The van der Waals surface area contributed by atoms with Gasteiger partial charge in [-0.3, -0.25) is 0 Å². The number of benzene rings is 2. The molecule has 2 amide bonds. The highest BCUT2D eigenvalue weighted by Gasteiger charge is 2.35. The van der Waals surface area contributed by atoms with Crippen LogP contribution in [0.2, 0.25) is 5.02 Å². The van der Waals surface area contributed by atoms with Crippen LogP contribution in [0.5, 0.6) is 5.75 Å². The summed E-state index contributed by atoms with van der Waals surface area (Å²) in [6.07, 6.45) is -0.906. The Morgan fingerprint density at radius 2 is 1.73 bits per heavy atom. The van der Waals surface area contributed by atoms with Gasteiger partial charge in [0, 0.05) is 16.1 Å². The SMILES string of the molecule is CC(C)(C)C(Oc1ccccc1)C(=O)ONC(=O)Nc1cccc(Cl)c1. The Morgan fingerprint density at radius 1 is 1.04 bits per heavy atom. The molecule has 26 heavy (non-hydrogen) atoms. The van der Waals surface area contributed by atoms with Crippen molar-refractivity contribution in [3.05, 3.63) is 59.6 Å². The van der Waals surface area contributed by atoms with Crippen LogP contribution >= 0.6 is 11.6 Å². The van der Waals surface area contributed by atoms with Crippen molar-refractivity contribution >= 4 is 29.3 Å². The molecular formula is C19H21ClN2O4. The molecule has 138 valence electrons. The van der Waals surface area contributed by atoms with Crippen LogP contribution in [0.3, 0.4) is 0 Å². The summed E-state index contributed by atoms with van der Waals surface area (Å²) in [7, 11) is 0. The van der Waals surface area contributed by atoms with Crippen molar-refractivity contribution < 1.29 is 19.2 Å².